The Morgan fingerprint density at radius 1 is 1.06 bits per heavy atom. The molecular formula is C14H11ClO3. The summed E-state index contributed by atoms with van der Waals surface area (Å²) in [5.74, 6) is 0.703. The average Bonchev–Trinajstić information content (AvgIpc) is 2.34. The van der Waals surface area contributed by atoms with Gasteiger partial charge in [0.1, 0.15) is 5.75 Å². The van der Waals surface area contributed by atoms with E-state index in [1.807, 2.05) is 13.0 Å². The lowest BCUT2D eigenvalue weighted by Crippen LogP contribution is -2.13. The van der Waals surface area contributed by atoms with Crippen LogP contribution in [0.2, 0.25) is 5.02 Å². The quantitative estimate of drug-likeness (QED) is 0.600. The molecule has 0 fully saturated rings. The van der Waals surface area contributed by atoms with Gasteiger partial charge in [0.15, 0.2) is 5.75 Å². The van der Waals surface area contributed by atoms with Gasteiger partial charge in [-0.3, -0.25) is 0 Å². The number of rotatable bonds is 2. The highest BCUT2D eigenvalue weighted by Crippen LogP contribution is 2.25. The fraction of sp³-hybridized carbons (Fsp3) is 0.0714. The second kappa shape index (κ2) is 5.56. The van der Waals surface area contributed by atoms with E-state index < -0.39 is 6.16 Å². The minimum absolute atomic E-state index is 0.281. The summed E-state index contributed by atoms with van der Waals surface area (Å²) in [6.45, 7) is 1.90. The van der Waals surface area contributed by atoms with Crippen molar-refractivity contribution in [1.29, 1.82) is 0 Å². The fourth-order valence-electron chi connectivity index (χ4n) is 1.38. The molecular weight excluding hydrogens is 252 g/mol. The smallest absolute Gasteiger partial charge is 0.395 e. The van der Waals surface area contributed by atoms with Gasteiger partial charge >= 0.3 is 6.16 Å². The molecule has 2 rings (SSSR count). The predicted octanol–water partition coefficient (Wildman–Crippen LogP) is 4.23. The molecule has 92 valence electrons. The SMILES string of the molecule is Cc1ccc(OC(=O)Oc2ccccc2)c(Cl)c1. The molecule has 0 aliphatic heterocycles. The maximum Gasteiger partial charge on any atom is 0.519 e. The van der Waals surface area contributed by atoms with E-state index in [4.69, 9.17) is 21.1 Å². The number of halogens is 1. The van der Waals surface area contributed by atoms with Gasteiger partial charge in [0, 0.05) is 0 Å². The van der Waals surface area contributed by atoms with Crippen LogP contribution in [0.25, 0.3) is 0 Å². The zero-order chi connectivity index (χ0) is 13.0. The first-order valence-corrected chi connectivity index (χ1v) is 5.74. The molecule has 0 spiro atoms. The van der Waals surface area contributed by atoms with Gasteiger partial charge in [-0.1, -0.05) is 35.9 Å². The Morgan fingerprint density at radius 2 is 1.78 bits per heavy atom. The van der Waals surface area contributed by atoms with Crippen molar-refractivity contribution in [1.82, 2.24) is 0 Å². The first-order chi connectivity index (χ1) is 8.65. The van der Waals surface area contributed by atoms with Crippen LogP contribution in [0.3, 0.4) is 0 Å². The third-order valence-corrected chi connectivity index (χ3v) is 2.52. The van der Waals surface area contributed by atoms with E-state index in [-0.39, 0.29) is 5.75 Å². The highest BCUT2D eigenvalue weighted by atomic mass is 35.5. The molecule has 0 radical (unpaired) electrons. The lowest BCUT2D eigenvalue weighted by molar-refractivity contribution is 0.152. The standard InChI is InChI=1S/C14H11ClO3/c1-10-7-8-13(12(15)9-10)18-14(16)17-11-5-3-2-4-6-11/h2-9H,1H3. The van der Waals surface area contributed by atoms with Crippen molar-refractivity contribution in [3.05, 3.63) is 59.1 Å². The molecule has 0 atom stereocenters. The van der Waals surface area contributed by atoms with Crippen LogP contribution in [-0.2, 0) is 0 Å². The summed E-state index contributed by atoms with van der Waals surface area (Å²) in [6, 6.07) is 13.8. The number of carbonyl (C=O) groups excluding carboxylic acids is 1. The van der Waals surface area contributed by atoms with Crippen molar-refractivity contribution in [3.63, 3.8) is 0 Å². The van der Waals surface area contributed by atoms with Gasteiger partial charge < -0.3 is 9.47 Å². The van der Waals surface area contributed by atoms with Crippen LogP contribution in [-0.4, -0.2) is 6.16 Å². The molecule has 0 aliphatic carbocycles. The number of para-hydroxylation sites is 1. The van der Waals surface area contributed by atoms with Gasteiger partial charge in [-0.05, 0) is 36.8 Å². The van der Waals surface area contributed by atoms with Crippen molar-refractivity contribution in [2.45, 2.75) is 6.92 Å². The van der Waals surface area contributed by atoms with Crippen LogP contribution < -0.4 is 9.47 Å². The van der Waals surface area contributed by atoms with Crippen molar-refractivity contribution in [3.8, 4) is 11.5 Å². The van der Waals surface area contributed by atoms with Gasteiger partial charge in [-0.2, -0.15) is 0 Å². The molecule has 0 aliphatic rings. The third-order valence-electron chi connectivity index (χ3n) is 2.23. The normalized spacial score (nSPS) is 9.89. The monoisotopic (exact) mass is 262 g/mol. The van der Waals surface area contributed by atoms with Crippen molar-refractivity contribution < 1.29 is 14.3 Å². The number of hydrogen-bond donors (Lipinski definition) is 0. The molecule has 18 heavy (non-hydrogen) atoms. The molecule has 0 N–H and O–H groups in total. The summed E-state index contributed by atoms with van der Waals surface area (Å²) in [7, 11) is 0. The number of ether oxygens (including phenoxy) is 2. The summed E-state index contributed by atoms with van der Waals surface area (Å²) in [5, 5.41) is 0.375. The summed E-state index contributed by atoms with van der Waals surface area (Å²) in [5.41, 5.74) is 0.990. The highest BCUT2D eigenvalue weighted by Gasteiger charge is 2.10. The van der Waals surface area contributed by atoms with Crippen LogP contribution in [0, 0.1) is 6.92 Å². The van der Waals surface area contributed by atoms with E-state index in [1.165, 1.54) is 0 Å². The molecule has 4 heteroatoms. The Hall–Kier alpha value is -2.00. The van der Waals surface area contributed by atoms with E-state index in [0.717, 1.165) is 5.56 Å². The van der Waals surface area contributed by atoms with Crippen molar-refractivity contribution in [2.24, 2.45) is 0 Å². The van der Waals surface area contributed by atoms with Crippen LogP contribution >= 0.6 is 11.6 Å². The topological polar surface area (TPSA) is 35.5 Å². The summed E-state index contributed by atoms with van der Waals surface area (Å²) >= 11 is 5.94. The molecule has 0 bridgehead atoms. The second-order valence-corrected chi connectivity index (χ2v) is 4.11. The Kier molecular flexibility index (Phi) is 3.85. The van der Waals surface area contributed by atoms with E-state index >= 15 is 0 Å². The molecule has 0 unspecified atom stereocenters. The third kappa shape index (κ3) is 3.25. The maximum absolute atomic E-state index is 11.5. The van der Waals surface area contributed by atoms with Gasteiger partial charge in [-0.25, -0.2) is 4.79 Å². The Bertz CT molecular complexity index is 552. The lowest BCUT2D eigenvalue weighted by Gasteiger charge is -2.07. The van der Waals surface area contributed by atoms with Crippen molar-refractivity contribution >= 4 is 17.8 Å². The molecule has 0 heterocycles. The Morgan fingerprint density at radius 3 is 2.44 bits per heavy atom. The lowest BCUT2D eigenvalue weighted by atomic mass is 10.2. The number of benzene rings is 2. The molecule has 0 aromatic heterocycles. The van der Waals surface area contributed by atoms with Gasteiger partial charge in [0.05, 0.1) is 5.02 Å². The highest BCUT2D eigenvalue weighted by molar-refractivity contribution is 6.32. The Labute approximate surface area is 110 Å². The number of hydrogen-bond acceptors (Lipinski definition) is 3. The molecule has 0 saturated heterocycles. The predicted molar refractivity (Wildman–Crippen MR) is 69.3 cm³/mol. The van der Waals surface area contributed by atoms with Gasteiger partial charge in [-0.15, -0.1) is 0 Å². The number of carbonyl (C=O) groups is 1. The Balaban J connectivity index is 2.03. The molecule has 3 nitrogen and oxygen atoms in total. The maximum atomic E-state index is 11.5. The zero-order valence-electron chi connectivity index (χ0n) is 9.72. The number of aryl methyl sites for hydroxylation is 1. The van der Waals surface area contributed by atoms with Crippen molar-refractivity contribution in [2.75, 3.05) is 0 Å². The zero-order valence-corrected chi connectivity index (χ0v) is 10.5. The summed E-state index contributed by atoms with van der Waals surface area (Å²) < 4.78 is 9.99. The average molecular weight is 263 g/mol. The van der Waals surface area contributed by atoms with E-state index in [2.05, 4.69) is 0 Å². The fourth-order valence-corrected chi connectivity index (χ4v) is 1.66. The molecule has 0 amide bonds. The van der Waals surface area contributed by atoms with Crippen LogP contribution in [0.5, 0.6) is 11.5 Å². The van der Waals surface area contributed by atoms with Crippen LogP contribution in [0.1, 0.15) is 5.56 Å². The minimum Gasteiger partial charge on any atom is -0.395 e. The first kappa shape index (κ1) is 12.5. The summed E-state index contributed by atoms with van der Waals surface area (Å²) in [4.78, 5) is 11.5. The largest absolute Gasteiger partial charge is 0.519 e. The van der Waals surface area contributed by atoms with E-state index in [9.17, 15) is 4.79 Å². The first-order valence-electron chi connectivity index (χ1n) is 5.36. The van der Waals surface area contributed by atoms with Gasteiger partial charge in [0.25, 0.3) is 0 Å². The van der Waals surface area contributed by atoms with E-state index in [1.54, 1.807) is 42.5 Å². The second-order valence-electron chi connectivity index (χ2n) is 3.70. The molecule has 0 saturated carbocycles. The minimum atomic E-state index is -0.813. The van der Waals surface area contributed by atoms with Gasteiger partial charge in [0.2, 0.25) is 0 Å². The van der Waals surface area contributed by atoms with E-state index in [0.29, 0.717) is 10.8 Å². The molecule has 2 aromatic rings. The molecule has 2 aromatic carbocycles. The summed E-state index contributed by atoms with van der Waals surface area (Å²) in [6.07, 6.45) is -0.813. The van der Waals surface area contributed by atoms with Crippen LogP contribution in [0.15, 0.2) is 48.5 Å². The van der Waals surface area contributed by atoms with Crippen LogP contribution in [0.4, 0.5) is 4.79 Å².